The summed E-state index contributed by atoms with van der Waals surface area (Å²) in [6.07, 6.45) is 3.44. The molecule has 0 aliphatic carbocycles. The zero-order valence-electron chi connectivity index (χ0n) is 10.3. The van der Waals surface area contributed by atoms with Gasteiger partial charge >= 0.3 is 0 Å². The summed E-state index contributed by atoms with van der Waals surface area (Å²) in [6.45, 7) is 3.73. The molecule has 0 aromatic heterocycles. The molecule has 0 bridgehead atoms. The fourth-order valence-electron chi connectivity index (χ4n) is 1.81. The van der Waals surface area contributed by atoms with Gasteiger partial charge in [-0.3, -0.25) is 0 Å². The first-order chi connectivity index (χ1) is 8.26. The van der Waals surface area contributed by atoms with Crippen LogP contribution in [-0.2, 0) is 11.2 Å². The molecule has 17 heavy (non-hydrogen) atoms. The normalized spacial score (nSPS) is 12.6. The van der Waals surface area contributed by atoms with Crippen molar-refractivity contribution in [3.63, 3.8) is 0 Å². The Morgan fingerprint density at radius 3 is 2.59 bits per heavy atom. The molecule has 0 saturated heterocycles. The molecule has 0 amide bonds. The Bertz CT molecular complexity index is 300. The highest BCUT2D eigenvalue weighted by Crippen LogP contribution is 2.18. The monoisotopic (exact) mass is 318 g/mol. The zero-order valence-corrected chi connectivity index (χ0v) is 12.6. The van der Waals surface area contributed by atoms with E-state index in [4.69, 9.17) is 16.3 Å². The van der Waals surface area contributed by atoms with E-state index in [1.165, 1.54) is 12.0 Å². The third-order valence-electron chi connectivity index (χ3n) is 2.76. The zero-order chi connectivity index (χ0) is 12.5. The van der Waals surface area contributed by atoms with Crippen LogP contribution in [0.5, 0.6) is 0 Å². The van der Waals surface area contributed by atoms with E-state index in [1.807, 2.05) is 19.1 Å². The molecule has 0 N–H and O–H groups in total. The molecule has 0 spiro atoms. The van der Waals surface area contributed by atoms with Crippen LogP contribution >= 0.6 is 27.5 Å². The largest absolute Gasteiger partial charge is 0.382 e. The summed E-state index contributed by atoms with van der Waals surface area (Å²) in [5.74, 6) is 0.677. The van der Waals surface area contributed by atoms with Crippen LogP contribution in [0.25, 0.3) is 0 Å². The fourth-order valence-corrected chi connectivity index (χ4v) is 2.48. The van der Waals surface area contributed by atoms with E-state index >= 15 is 0 Å². The summed E-state index contributed by atoms with van der Waals surface area (Å²) in [4.78, 5) is 0. The number of halogens is 2. The van der Waals surface area contributed by atoms with Gasteiger partial charge in [0.15, 0.2) is 0 Å². The maximum Gasteiger partial charge on any atom is 0.0466 e. The third kappa shape index (κ3) is 6.44. The first-order valence-corrected chi connectivity index (χ1v) is 7.64. The van der Waals surface area contributed by atoms with Crippen molar-refractivity contribution in [2.24, 2.45) is 5.92 Å². The van der Waals surface area contributed by atoms with Crippen molar-refractivity contribution >= 4 is 27.5 Å². The standard InChI is InChI=1S/C14H20BrClO/c1-2-17-9-3-4-13(11-15)10-12-5-7-14(16)8-6-12/h5-8,13H,2-4,9-11H2,1H3. The van der Waals surface area contributed by atoms with Crippen molar-refractivity contribution in [3.8, 4) is 0 Å². The van der Waals surface area contributed by atoms with Crippen LogP contribution in [0.2, 0.25) is 5.02 Å². The molecule has 1 aromatic carbocycles. The van der Waals surface area contributed by atoms with Crippen LogP contribution in [0.1, 0.15) is 25.3 Å². The number of hydrogen-bond donors (Lipinski definition) is 0. The van der Waals surface area contributed by atoms with Gasteiger partial charge < -0.3 is 4.74 Å². The molecule has 1 rings (SSSR count). The molecule has 1 atom stereocenters. The predicted octanol–water partition coefficient (Wildman–Crippen LogP) is 4.71. The Balaban J connectivity index is 2.33. The first kappa shape index (κ1) is 15.0. The lowest BCUT2D eigenvalue weighted by Crippen LogP contribution is -2.08. The number of hydrogen-bond acceptors (Lipinski definition) is 1. The summed E-state index contributed by atoms with van der Waals surface area (Å²) < 4.78 is 5.36. The maximum absolute atomic E-state index is 5.87. The summed E-state index contributed by atoms with van der Waals surface area (Å²) in [6, 6.07) is 8.14. The second-order valence-electron chi connectivity index (χ2n) is 4.19. The first-order valence-electron chi connectivity index (χ1n) is 6.14. The minimum absolute atomic E-state index is 0.677. The van der Waals surface area contributed by atoms with E-state index in [0.29, 0.717) is 5.92 Å². The lowest BCUT2D eigenvalue weighted by atomic mass is 9.97. The molecule has 0 heterocycles. The van der Waals surface area contributed by atoms with Crippen LogP contribution in [0, 0.1) is 5.92 Å². The molecule has 1 aromatic rings. The topological polar surface area (TPSA) is 9.23 Å². The Morgan fingerprint density at radius 1 is 1.29 bits per heavy atom. The Hall–Kier alpha value is -0.0500. The van der Waals surface area contributed by atoms with Gasteiger partial charge in [-0.1, -0.05) is 39.7 Å². The van der Waals surface area contributed by atoms with E-state index in [1.54, 1.807) is 0 Å². The van der Waals surface area contributed by atoms with Crippen molar-refractivity contribution in [3.05, 3.63) is 34.9 Å². The molecular formula is C14H20BrClO. The molecule has 3 heteroatoms. The van der Waals surface area contributed by atoms with Crippen LogP contribution in [-0.4, -0.2) is 18.5 Å². The smallest absolute Gasteiger partial charge is 0.0466 e. The fraction of sp³-hybridized carbons (Fsp3) is 0.571. The predicted molar refractivity (Wildman–Crippen MR) is 78.2 cm³/mol. The van der Waals surface area contributed by atoms with Crippen molar-refractivity contribution in [1.82, 2.24) is 0 Å². The minimum Gasteiger partial charge on any atom is -0.382 e. The van der Waals surface area contributed by atoms with Crippen LogP contribution < -0.4 is 0 Å². The molecular weight excluding hydrogens is 300 g/mol. The lowest BCUT2D eigenvalue weighted by molar-refractivity contribution is 0.140. The Morgan fingerprint density at radius 2 is 2.00 bits per heavy atom. The van der Waals surface area contributed by atoms with E-state index in [9.17, 15) is 0 Å². The summed E-state index contributed by atoms with van der Waals surface area (Å²) in [5.41, 5.74) is 1.36. The van der Waals surface area contributed by atoms with Gasteiger partial charge in [0, 0.05) is 23.6 Å². The quantitative estimate of drug-likeness (QED) is 0.498. The van der Waals surface area contributed by atoms with Crippen LogP contribution in [0.15, 0.2) is 24.3 Å². The van der Waals surface area contributed by atoms with Gasteiger partial charge in [0.05, 0.1) is 0 Å². The molecule has 0 fully saturated rings. The Kier molecular flexibility index (Phi) is 7.91. The number of rotatable bonds is 8. The van der Waals surface area contributed by atoms with Crippen molar-refractivity contribution in [2.45, 2.75) is 26.2 Å². The second kappa shape index (κ2) is 8.96. The average molecular weight is 320 g/mol. The number of alkyl halides is 1. The van der Waals surface area contributed by atoms with E-state index < -0.39 is 0 Å². The van der Waals surface area contributed by atoms with E-state index in [2.05, 4.69) is 28.1 Å². The SMILES string of the molecule is CCOCCCC(CBr)Cc1ccc(Cl)cc1. The summed E-state index contributed by atoms with van der Waals surface area (Å²) in [5, 5.41) is 1.85. The average Bonchev–Trinajstić information content (AvgIpc) is 2.35. The minimum atomic E-state index is 0.677. The van der Waals surface area contributed by atoms with E-state index in [-0.39, 0.29) is 0 Å². The number of benzene rings is 1. The highest BCUT2D eigenvalue weighted by atomic mass is 79.9. The van der Waals surface area contributed by atoms with Gasteiger partial charge in [-0.2, -0.15) is 0 Å². The van der Waals surface area contributed by atoms with E-state index in [0.717, 1.165) is 36.4 Å². The molecule has 1 unspecified atom stereocenters. The van der Waals surface area contributed by atoms with Crippen molar-refractivity contribution in [1.29, 1.82) is 0 Å². The Labute approximate surface area is 118 Å². The van der Waals surface area contributed by atoms with Crippen LogP contribution in [0.4, 0.5) is 0 Å². The van der Waals surface area contributed by atoms with Gasteiger partial charge in [0.25, 0.3) is 0 Å². The second-order valence-corrected chi connectivity index (χ2v) is 5.27. The van der Waals surface area contributed by atoms with Crippen molar-refractivity contribution < 1.29 is 4.74 Å². The molecule has 96 valence electrons. The van der Waals surface area contributed by atoms with Gasteiger partial charge in [0.2, 0.25) is 0 Å². The van der Waals surface area contributed by atoms with Crippen molar-refractivity contribution in [2.75, 3.05) is 18.5 Å². The molecule has 0 aliphatic heterocycles. The third-order valence-corrected chi connectivity index (χ3v) is 3.93. The lowest BCUT2D eigenvalue weighted by Gasteiger charge is -2.14. The van der Waals surface area contributed by atoms with Gasteiger partial charge in [-0.15, -0.1) is 0 Å². The van der Waals surface area contributed by atoms with Gasteiger partial charge in [0.1, 0.15) is 0 Å². The summed E-state index contributed by atoms with van der Waals surface area (Å²) in [7, 11) is 0. The summed E-state index contributed by atoms with van der Waals surface area (Å²) >= 11 is 9.46. The van der Waals surface area contributed by atoms with Gasteiger partial charge in [-0.05, 0) is 49.8 Å². The molecule has 0 saturated carbocycles. The van der Waals surface area contributed by atoms with Crippen LogP contribution in [0.3, 0.4) is 0 Å². The number of ether oxygens (including phenoxy) is 1. The van der Waals surface area contributed by atoms with Gasteiger partial charge in [-0.25, -0.2) is 0 Å². The maximum atomic E-state index is 5.87. The molecule has 0 aliphatic rings. The highest BCUT2D eigenvalue weighted by Gasteiger charge is 2.08. The highest BCUT2D eigenvalue weighted by molar-refractivity contribution is 9.09. The molecule has 1 nitrogen and oxygen atoms in total. The molecule has 0 radical (unpaired) electrons.